The first-order valence-electron chi connectivity index (χ1n) is 36.1. The zero-order valence-electron chi connectivity index (χ0n) is 61.5. The Morgan fingerprint density at radius 1 is 0.561 bits per heavy atom. The van der Waals surface area contributed by atoms with E-state index in [1.807, 2.05) is 106 Å². The van der Waals surface area contributed by atoms with Crippen molar-refractivity contribution >= 4 is 93.4 Å². The zero-order valence-corrected chi connectivity index (χ0v) is 61.5. The maximum Gasteiger partial charge on any atom is 0.416 e. The summed E-state index contributed by atoms with van der Waals surface area (Å²) < 4.78 is 37.1. The summed E-state index contributed by atoms with van der Waals surface area (Å²) in [7, 11) is 7.13. The summed E-state index contributed by atoms with van der Waals surface area (Å²) in [6.07, 6.45) is 15.5. The fourth-order valence-electron chi connectivity index (χ4n) is 14.2. The molecule has 9 heterocycles. The molecular formula is C81H90N12O14. The minimum absolute atomic E-state index is 0.00227. The third-order valence-corrected chi connectivity index (χ3v) is 19.7. The lowest BCUT2D eigenvalue weighted by atomic mass is 10.1. The van der Waals surface area contributed by atoms with Crippen LogP contribution >= 0.6 is 0 Å². The van der Waals surface area contributed by atoms with Crippen LogP contribution in [0.4, 0.5) is 38.9 Å². The monoisotopic (exact) mass is 1450 g/mol. The lowest BCUT2D eigenvalue weighted by Crippen LogP contribution is -2.54. The van der Waals surface area contributed by atoms with Gasteiger partial charge in [-0.05, 0) is 155 Å². The fourth-order valence-corrected chi connectivity index (χ4v) is 14.2. The van der Waals surface area contributed by atoms with Crippen molar-refractivity contribution in [3.63, 3.8) is 0 Å². The van der Waals surface area contributed by atoms with Crippen LogP contribution in [-0.4, -0.2) is 152 Å². The van der Waals surface area contributed by atoms with Crippen LogP contribution in [-0.2, 0) is 52.0 Å². The number of rotatable bonds is 24. The summed E-state index contributed by atoms with van der Waals surface area (Å²) in [5.74, 6) is -0.206. The van der Waals surface area contributed by atoms with Crippen LogP contribution in [0.2, 0.25) is 0 Å². The average Bonchev–Trinajstić information content (AvgIpc) is 1.61. The number of nitrogens with zero attached hydrogens (tertiary/aromatic N) is 8. The Morgan fingerprint density at radius 3 is 1.60 bits per heavy atom. The van der Waals surface area contributed by atoms with Crippen LogP contribution in [0.1, 0.15) is 158 Å². The van der Waals surface area contributed by atoms with Gasteiger partial charge < -0.3 is 73.0 Å². The van der Waals surface area contributed by atoms with Gasteiger partial charge in [0.1, 0.15) is 29.5 Å². The summed E-state index contributed by atoms with van der Waals surface area (Å²) in [6.45, 7) is 12.8. The molecule has 558 valence electrons. The number of amides is 7. The van der Waals surface area contributed by atoms with Crippen molar-refractivity contribution in [1.82, 2.24) is 28.1 Å². The Bertz CT molecular complexity index is 4760. The van der Waals surface area contributed by atoms with Gasteiger partial charge in [0.2, 0.25) is 11.8 Å². The number of hydrogen-bond donors (Lipinski definition) is 4. The molecule has 4 aromatic heterocycles. The van der Waals surface area contributed by atoms with Gasteiger partial charge in [0.15, 0.2) is 24.1 Å². The molecule has 0 spiro atoms. The molecule has 4 N–H and O–H groups in total. The first-order chi connectivity index (χ1) is 51.5. The molecule has 13 rings (SSSR count). The molecule has 8 aromatic rings. The number of aromatic nitrogens is 4. The molecule has 0 saturated carbocycles. The van der Waals surface area contributed by atoms with Gasteiger partial charge >= 0.3 is 6.09 Å². The molecule has 5 aliphatic rings. The Labute approximate surface area is 620 Å². The van der Waals surface area contributed by atoms with Crippen molar-refractivity contribution < 1.29 is 66.8 Å². The maximum absolute atomic E-state index is 14.0. The van der Waals surface area contributed by atoms with Crippen molar-refractivity contribution in [2.45, 2.75) is 123 Å². The summed E-state index contributed by atoms with van der Waals surface area (Å²) in [5, 5.41) is 11.5. The second kappa shape index (κ2) is 33.2. The number of carbonyl (C=O) groups excluding carboxylic acids is 9. The molecule has 26 nitrogen and oxygen atoms in total. The van der Waals surface area contributed by atoms with E-state index >= 15 is 0 Å². The molecule has 0 radical (unpaired) electrons. The van der Waals surface area contributed by atoms with Gasteiger partial charge in [-0.25, -0.2) is 9.69 Å². The van der Waals surface area contributed by atoms with E-state index in [-0.39, 0.29) is 79.1 Å². The smallest absolute Gasteiger partial charge is 0.416 e. The average molecular weight is 1460 g/mol. The normalized spacial score (nSPS) is 17.1. The number of aryl methyl sites for hydroxylation is 6. The molecule has 0 aliphatic carbocycles. The molecule has 3 saturated heterocycles. The largest absolute Gasteiger partial charge is 0.493 e. The van der Waals surface area contributed by atoms with Crippen LogP contribution in [0.25, 0.3) is 22.3 Å². The van der Waals surface area contributed by atoms with E-state index in [1.165, 1.54) is 24.8 Å². The highest BCUT2D eigenvalue weighted by Crippen LogP contribution is 2.41. The molecule has 26 heteroatoms. The van der Waals surface area contributed by atoms with Crippen molar-refractivity contribution in [3.8, 4) is 33.8 Å². The number of fused-ring (bicyclic) bond motifs is 4. The number of anilines is 5. The number of nitrogens with one attached hydrogen (secondary N) is 4. The van der Waals surface area contributed by atoms with Crippen LogP contribution in [0, 0.1) is 13.8 Å². The predicted octanol–water partition coefficient (Wildman–Crippen LogP) is 13.1. The topological polar surface area (TPSA) is 290 Å². The summed E-state index contributed by atoms with van der Waals surface area (Å²) in [4.78, 5) is 126. The van der Waals surface area contributed by atoms with Gasteiger partial charge in [0.25, 0.3) is 23.6 Å². The zero-order chi connectivity index (χ0) is 75.7. The highest BCUT2D eigenvalue weighted by Gasteiger charge is 2.48. The predicted molar refractivity (Wildman–Crippen MR) is 406 cm³/mol. The quantitative estimate of drug-likeness (QED) is 0.0249. The van der Waals surface area contributed by atoms with Gasteiger partial charge in [-0.1, -0.05) is 36.9 Å². The highest BCUT2D eigenvalue weighted by atomic mass is 16.7. The van der Waals surface area contributed by atoms with Crippen molar-refractivity contribution in [2.75, 3.05) is 65.7 Å². The van der Waals surface area contributed by atoms with Crippen LogP contribution in [0.3, 0.4) is 0 Å². The summed E-state index contributed by atoms with van der Waals surface area (Å²) in [5.41, 5.74) is 11.3. The van der Waals surface area contributed by atoms with Crippen molar-refractivity contribution in [2.24, 2.45) is 33.2 Å². The molecule has 107 heavy (non-hydrogen) atoms. The van der Waals surface area contributed by atoms with E-state index in [2.05, 4.69) is 32.8 Å². The van der Waals surface area contributed by atoms with Gasteiger partial charge in [0, 0.05) is 140 Å². The van der Waals surface area contributed by atoms with E-state index in [4.69, 9.17) is 23.7 Å². The number of aliphatic imine (C=N–C) groups is 1. The lowest BCUT2D eigenvalue weighted by molar-refractivity contribution is -0.195. The number of ketones is 2. The molecule has 5 aliphatic heterocycles. The molecular weight excluding hydrogens is 1360 g/mol. The lowest BCUT2D eigenvalue weighted by Gasteiger charge is -2.38. The number of benzene rings is 4. The minimum atomic E-state index is -0.850. The van der Waals surface area contributed by atoms with E-state index < -0.39 is 24.7 Å². The van der Waals surface area contributed by atoms with Gasteiger partial charge in [-0.15, -0.1) is 0 Å². The SMILES string of the molecule is C=CCOC(=O)N1c2cc(OCCCC(=O)Nc3cc(C(=O)Nc4ccc(-c5cc(C(C)=O)n(C)c5)cc4)n(C)c3)c(C)cc2C(=O)N2CCC[C@H]2C1OC1CCCCO1.CC(=O)c1cc(-c2ccc(NC(=O)c3cc(NC(=O)CCCOc4cc5c(cc4C)C(=O)N4CCC[C@H]4C=N5)cn3C)cc2)cn1C. The van der Waals surface area contributed by atoms with Crippen molar-refractivity contribution in [1.29, 1.82) is 0 Å². The van der Waals surface area contributed by atoms with E-state index in [1.54, 1.807) is 92.1 Å². The Hall–Kier alpha value is -11.6. The number of hydrogen-bond acceptors (Lipinski definition) is 15. The first-order valence-corrected chi connectivity index (χ1v) is 36.1. The third kappa shape index (κ3) is 17.4. The first kappa shape index (κ1) is 75.1. The molecule has 7 amide bonds. The van der Waals surface area contributed by atoms with Crippen LogP contribution in [0.5, 0.6) is 11.5 Å². The van der Waals surface area contributed by atoms with Gasteiger partial charge in [-0.3, -0.25) is 43.3 Å². The van der Waals surface area contributed by atoms with Crippen LogP contribution in [0.15, 0.2) is 139 Å². The van der Waals surface area contributed by atoms with Crippen LogP contribution < -0.4 is 35.6 Å². The molecule has 0 bridgehead atoms. The number of Topliss-reactive ketones (excluding diaryl/α,β-unsaturated/α-hetero) is 2. The van der Waals surface area contributed by atoms with E-state index in [9.17, 15) is 43.2 Å². The second-order valence-corrected chi connectivity index (χ2v) is 27.6. The molecule has 2 unspecified atom stereocenters. The molecule has 4 aromatic carbocycles. The molecule has 3 fully saturated rings. The Kier molecular flexibility index (Phi) is 23.3. The summed E-state index contributed by atoms with van der Waals surface area (Å²) in [6, 6.07) is 28.4. The molecule has 4 atom stereocenters. The summed E-state index contributed by atoms with van der Waals surface area (Å²) >= 11 is 0. The standard InChI is InChI=1S/C45H52N6O9.C36H38N6O5/c1-6-19-59-45(56)51-37-25-39(28(2)22-34(37)43(55)50-18-9-11-35(50)44(51)60-41-13-7-8-20-58-41)57-21-10-12-40(53)46-33-24-38(49(5)27-33)42(54)47-32-16-14-30(15-17-32)31-23-36(29(3)52)48(4)26-31;1-22-15-29-30(37-19-28-7-5-13-42(28)36(29)46)18-33(22)47-14-6-8-34(44)38-27-17-32(41(4)21-27)35(45)39-26-11-9-24(10-12-26)25-16-31(23(2)43)40(3)20-25/h6,14-17,22-27,35,41,44H,1,7-13,18-21H2,2-5H3,(H,46,53)(H,47,54);9-12,15-21,28H,5-8,13-14H2,1-4H3,(H,38,44)(H,39,45)/t35-,41?,44?;28-/m00/s1. The van der Waals surface area contributed by atoms with Gasteiger partial charge in [0.05, 0.1) is 70.6 Å². The second-order valence-electron chi connectivity index (χ2n) is 27.6. The third-order valence-electron chi connectivity index (χ3n) is 19.7. The Morgan fingerprint density at radius 2 is 1.07 bits per heavy atom. The van der Waals surface area contributed by atoms with Crippen molar-refractivity contribution in [3.05, 3.63) is 180 Å². The fraction of sp³-hybridized carbons (Fsp3) is 0.358. The number of carbonyl (C=O) groups is 9. The van der Waals surface area contributed by atoms with Gasteiger partial charge in [-0.2, -0.15) is 0 Å². The Balaban J connectivity index is 0.000000206. The van der Waals surface area contributed by atoms with E-state index in [0.717, 1.165) is 66.5 Å². The number of ether oxygens (including phenoxy) is 5. The maximum atomic E-state index is 14.0. The highest BCUT2D eigenvalue weighted by molar-refractivity contribution is 6.08. The van der Waals surface area contributed by atoms with E-state index in [0.29, 0.717) is 131 Å². The minimum Gasteiger partial charge on any atom is -0.493 e.